The van der Waals surface area contributed by atoms with Gasteiger partial charge in [-0.3, -0.25) is 10.1 Å². The van der Waals surface area contributed by atoms with Crippen LogP contribution in [-0.4, -0.2) is 22.5 Å². The van der Waals surface area contributed by atoms with Crippen molar-refractivity contribution in [2.45, 2.75) is 6.42 Å². The minimum absolute atomic E-state index is 0.0356. The molecule has 1 aromatic carbocycles. The van der Waals surface area contributed by atoms with Gasteiger partial charge in [0, 0.05) is 15.8 Å². The molecule has 86 valence electrons. The minimum Gasteiger partial charge on any atom is -0.478 e. The molecule has 0 aliphatic heterocycles. The molecule has 0 unspecified atom stereocenters. The SMILES string of the molecule is O=C(O)c1c(Cl)cc(CC[N+](=O)[O-])cc1Br. The topological polar surface area (TPSA) is 80.4 Å². The predicted octanol–water partition coefficient (Wildman–Crippen LogP) is 2.62. The molecule has 0 aliphatic rings. The monoisotopic (exact) mass is 307 g/mol. The van der Waals surface area contributed by atoms with E-state index in [-0.39, 0.29) is 23.6 Å². The summed E-state index contributed by atoms with van der Waals surface area (Å²) < 4.78 is 0.325. The first-order valence-electron chi connectivity index (χ1n) is 4.25. The Bertz CT molecular complexity index is 426. The third-order valence-corrected chi connectivity index (χ3v) is 2.82. The zero-order valence-electron chi connectivity index (χ0n) is 7.94. The van der Waals surface area contributed by atoms with E-state index in [9.17, 15) is 14.9 Å². The highest BCUT2D eigenvalue weighted by Gasteiger charge is 2.15. The van der Waals surface area contributed by atoms with Crippen LogP contribution in [0.2, 0.25) is 5.02 Å². The largest absolute Gasteiger partial charge is 0.478 e. The van der Waals surface area contributed by atoms with Crippen molar-refractivity contribution in [1.29, 1.82) is 0 Å². The molecule has 16 heavy (non-hydrogen) atoms. The number of hydrogen-bond acceptors (Lipinski definition) is 3. The molecule has 1 rings (SSSR count). The number of nitro groups is 1. The fourth-order valence-electron chi connectivity index (χ4n) is 1.19. The Balaban J connectivity index is 3.00. The normalized spacial score (nSPS) is 10.1. The molecule has 1 aromatic rings. The first-order valence-corrected chi connectivity index (χ1v) is 5.42. The van der Waals surface area contributed by atoms with Gasteiger partial charge in [0.1, 0.15) is 0 Å². The Kier molecular flexibility index (Phi) is 4.26. The third kappa shape index (κ3) is 3.18. The van der Waals surface area contributed by atoms with E-state index in [1.165, 1.54) is 12.1 Å². The van der Waals surface area contributed by atoms with E-state index in [0.717, 1.165) is 0 Å². The summed E-state index contributed by atoms with van der Waals surface area (Å²) in [4.78, 5) is 20.5. The highest BCUT2D eigenvalue weighted by molar-refractivity contribution is 9.10. The Morgan fingerprint density at radius 1 is 1.56 bits per heavy atom. The van der Waals surface area contributed by atoms with Crippen LogP contribution in [0.4, 0.5) is 0 Å². The molecule has 5 nitrogen and oxygen atoms in total. The molecule has 0 spiro atoms. The summed E-state index contributed by atoms with van der Waals surface area (Å²) in [5, 5.41) is 19.1. The number of aromatic carboxylic acids is 1. The molecule has 0 aliphatic carbocycles. The molecule has 0 aromatic heterocycles. The summed E-state index contributed by atoms with van der Waals surface area (Å²) in [6.45, 7) is -0.213. The highest BCUT2D eigenvalue weighted by atomic mass is 79.9. The van der Waals surface area contributed by atoms with Gasteiger partial charge in [-0.15, -0.1) is 0 Å². The van der Waals surface area contributed by atoms with Gasteiger partial charge >= 0.3 is 5.97 Å². The first-order chi connectivity index (χ1) is 7.41. The van der Waals surface area contributed by atoms with Crippen LogP contribution in [0.1, 0.15) is 15.9 Å². The standard InChI is InChI=1S/C9H7BrClNO4/c10-6-3-5(1-2-12(15)16)4-7(11)8(6)9(13)14/h3-4H,1-2H2,(H,13,14). The second kappa shape index (κ2) is 5.27. The van der Waals surface area contributed by atoms with Gasteiger partial charge in [-0.2, -0.15) is 0 Å². The number of hydrogen-bond donors (Lipinski definition) is 1. The van der Waals surface area contributed by atoms with Crippen molar-refractivity contribution in [2.75, 3.05) is 6.54 Å². The van der Waals surface area contributed by atoms with Crippen molar-refractivity contribution in [3.05, 3.63) is 42.9 Å². The summed E-state index contributed by atoms with van der Waals surface area (Å²) in [6.07, 6.45) is 0.214. The van der Waals surface area contributed by atoms with E-state index in [1.54, 1.807) is 0 Å². The number of rotatable bonds is 4. The predicted molar refractivity (Wildman–Crippen MR) is 61.7 cm³/mol. The quantitative estimate of drug-likeness (QED) is 0.685. The van der Waals surface area contributed by atoms with Gasteiger partial charge in [0.2, 0.25) is 6.54 Å². The molecule has 0 saturated carbocycles. The molecular formula is C9H7BrClNO4. The average molecular weight is 309 g/mol. The van der Waals surface area contributed by atoms with E-state index in [4.69, 9.17) is 16.7 Å². The van der Waals surface area contributed by atoms with Gasteiger partial charge in [0.15, 0.2) is 0 Å². The minimum atomic E-state index is -1.14. The van der Waals surface area contributed by atoms with Gasteiger partial charge in [0.25, 0.3) is 0 Å². The Morgan fingerprint density at radius 2 is 2.19 bits per heavy atom. The smallest absolute Gasteiger partial charge is 0.338 e. The Morgan fingerprint density at radius 3 is 2.62 bits per heavy atom. The van der Waals surface area contributed by atoms with E-state index in [1.807, 2.05) is 0 Å². The lowest BCUT2D eigenvalue weighted by molar-refractivity contribution is -0.479. The van der Waals surface area contributed by atoms with Crippen LogP contribution >= 0.6 is 27.5 Å². The van der Waals surface area contributed by atoms with Gasteiger partial charge < -0.3 is 5.11 Å². The summed E-state index contributed by atoms with van der Waals surface area (Å²) in [6, 6.07) is 2.96. The van der Waals surface area contributed by atoms with Crippen LogP contribution in [0.15, 0.2) is 16.6 Å². The van der Waals surface area contributed by atoms with Crippen molar-refractivity contribution < 1.29 is 14.8 Å². The maximum Gasteiger partial charge on any atom is 0.338 e. The summed E-state index contributed by atoms with van der Waals surface area (Å²) in [5.74, 6) is -1.14. The lowest BCUT2D eigenvalue weighted by Crippen LogP contribution is -2.05. The second-order valence-corrected chi connectivity index (χ2v) is 4.31. The molecule has 7 heteroatoms. The zero-order chi connectivity index (χ0) is 12.3. The van der Waals surface area contributed by atoms with Crippen LogP contribution in [0.25, 0.3) is 0 Å². The van der Waals surface area contributed by atoms with E-state index >= 15 is 0 Å². The van der Waals surface area contributed by atoms with Crippen molar-refractivity contribution in [3.8, 4) is 0 Å². The van der Waals surface area contributed by atoms with Gasteiger partial charge in [-0.05, 0) is 33.6 Å². The maximum absolute atomic E-state index is 10.8. The van der Waals surface area contributed by atoms with Crippen LogP contribution in [-0.2, 0) is 6.42 Å². The number of carboxylic acid groups (broad SMARTS) is 1. The van der Waals surface area contributed by atoms with Gasteiger partial charge in [-0.25, -0.2) is 4.79 Å². The molecule has 0 radical (unpaired) electrons. The molecule has 0 bridgehead atoms. The van der Waals surface area contributed by atoms with Crippen molar-refractivity contribution >= 4 is 33.5 Å². The Hall–Kier alpha value is -1.14. The van der Waals surface area contributed by atoms with Crippen molar-refractivity contribution in [2.24, 2.45) is 0 Å². The number of benzene rings is 1. The number of carboxylic acids is 1. The summed E-state index contributed by atoms with van der Waals surface area (Å²) >= 11 is 8.83. The summed E-state index contributed by atoms with van der Waals surface area (Å²) in [7, 11) is 0. The molecule has 0 amide bonds. The average Bonchev–Trinajstić information content (AvgIpc) is 2.12. The third-order valence-electron chi connectivity index (χ3n) is 1.90. The first kappa shape index (κ1) is 12.9. The van der Waals surface area contributed by atoms with Crippen LogP contribution in [0.3, 0.4) is 0 Å². The van der Waals surface area contributed by atoms with E-state index in [2.05, 4.69) is 15.9 Å². The number of carbonyl (C=O) groups is 1. The molecule has 0 saturated heterocycles. The van der Waals surface area contributed by atoms with Gasteiger partial charge in [0.05, 0.1) is 10.6 Å². The Labute approximate surface area is 104 Å². The van der Waals surface area contributed by atoms with Crippen molar-refractivity contribution in [1.82, 2.24) is 0 Å². The lowest BCUT2D eigenvalue weighted by atomic mass is 10.1. The number of halogens is 2. The fourth-order valence-corrected chi connectivity index (χ4v) is 2.31. The van der Waals surface area contributed by atoms with E-state index in [0.29, 0.717) is 10.0 Å². The van der Waals surface area contributed by atoms with Crippen LogP contribution in [0, 0.1) is 10.1 Å². The molecule has 0 heterocycles. The number of nitrogens with zero attached hydrogens (tertiary/aromatic N) is 1. The van der Waals surface area contributed by atoms with Crippen LogP contribution in [0.5, 0.6) is 0 Å². The fraction of sp³-hybridized carbons (Fsp3) is 0.222. The highest BCUT2D eigenvalue weighted by Crippen LogP contribution is 2.27. The maximum atomic E-state index is 10.8. The second-order valence-electron chi connectivity index (χ2n) is 3.05. The molecule has 0 fully saturated rings. The van der Waals surface area contributed by atoms with E-state index < -0.39 is 10.9 Å². The summed E-state index contributed by atoms with van der Waals surface area (Å²) in [5.41, 5.74) is 0.588. The molecular weight excluding hydrogens is 301 g/mol. The zero-order valence-corrected chi connectivity index (χ0v) is 10.3. The van der Waals surface area contributed by atoms with Crippen LogP contribution < -0.4 is 0 Å². The lowest BCUT2D eigenvalue weighted by Gasteiger charge is -2.05. The molecule has 0 atom stereocenters. The van der Waals surface area contributed by atoms with Crippen molar-refractivity contribution in [3.63, 3.8) is 0 Å². The molecule has 1 N–H and O–H groups in total. The van der Waals surface area contributed by atoms with Gasteiger partial charge in [-0.1, -0.05) is 11.6 Å².